The Balaban J connectivity index is 4.63. The third-order valence-electron chi connectivity index (χ3n) is 3.08. The summed E-state index contributed by atoms with van der Waals surface area (Å²) < 4.78 is 14.9. The van der Waals surface area contributed by atoms with Crippen molar-refractivity contribution in [2.24, 2.45) is 0 Å². The number of hydrogen-bond acceptors (Lipinski definition) is 7. The van der Waals surface area contributed by atoms with Crippen LogP contribution in [0, 0.1) is 0 Å². The summed E-state index contributed by atoms with van der Waals surface area (Å²) in [5.41, 5.74) is 0. The van der Waals surface area contributed by atoms with Gasteiger partial charge in [0.05, 0.1) is 13.1 Å². The molecule has 0 saturated carbocycles. The van der Waals surface area contributed by atoms with Crippen LogP contribution in [-0.2, 0) is 33.4 Å². The molecular weight excluding hydrogens is 318 g/mol. The predicted octanol–water partition coefficient (Wildman–Crippen LogP) is 1.06. The number of ether oxygens (including phenoxy) is 3. The molecule has 24 heavy (non-hydrogen) atoms. The number of nitrogens with zero attached hydrogens (tertiary/aromatic N) is 1. The molecule has 0 aliphatic heterocycles. The van der Waals surface area contributed by atoms with Crippen molar-refractivity contribution in [1.82, 2.24) is 4.90 Å². The number of carbonyl (C=O) groups is 4. The minimum Gasteiger partial charge on any atom is -0.464 e. The molecule has 0 fully saturated rings. The van der Waals surface area contributed by atoms with Crippen LogP contribution in [0.2, 0.25) is 0 Å². The normalized spacial score (nSPS) is 11.3. The largest absolute Gasteiger partial charge is 0.464 e. The van der Waals surface area contributed by atoms with Gasteiger partial charge in [-0.25, -0.2) is 0 Å². The van der Waals surface area contributed by atoms with E-state index >= 15 is 0 Å². The molecular formula is C16H27NO7. The summed E-state index contributed by atoms with van der Waals surface area (Å²) in [5.74, 6) is -1.65. The first-order valence-electron chi connectivity index (χ1n) is 8.15. The highest BCUT2D eigenvalue weighted by atomic mass is 16.6. The Morgan fingerprint density at radius 2 is 1.21 bits per heavy atom. The van der Waals surface area contributed by atoms with E-state index in [1.807, 2.05) is 0 Å². The Hall–Kier alpha value is -2.12. The van der Waals surface area contributed by atoms with Crippen molar-refractivity contribution < 1.29 is 33.4 Å². The first-order valence-corrected chi connectivity index (χ1v) is 8.15. The summed E-state index contributed by atoms with van der Waals surface area (Å²) in [6, 6.07) is 0. The zero-order valence-electron chi connectivity index (χ0n) is 14.8. The quantitative estimate of drug-likeness (QED) is 0.408. The molecule has 0 aliphatic rings. The number of esters is 3. The lowest BCUT2D eigenvalue weighted by atomic mass is 10.3. The summed E-state index contributed by atoms with van der Waals surface area (Å²) in [6.07, 6.45) is -0.305. The van der Waals surface area contributed by atoms with E-state index in [9.17, 15) is 19.2 Å². The molecule has 8 nitrogen and oxygen atoms in total. The summed E-state index contributed by atoms with van der Waals surface area (Å²) >= 11 is 0. The number of rotatable bonds is 11. The van der Waals surface area contributed by atoms with Crippen LogP contribution in [0.4, 0.5) is 0 Å². The highest BCUT2D eigenvalue weighted by molar-refractivity contribution is 5.83. The van der Waals surface area contributed by atoms with Gasteiger partial charge in [0, 0.05) is 19.3 Å². The van der Waals surface area contributed by atoms with Gasteiger partial charge in [-0.05, 0) is 6.92 Å². The van der Waals surface area contributed by atoms with E-state index in [1.54, 1.807) is 20.8 Å². The molecule has 0 saturated heterocycles. The van der Waals surface area contributed by atoms with E-state index in [-0.39, 0.29) is 57.5 Å². The molecule has 0 unspecified atom stereocenters. The Morgan fingerprint density at radius 3 is 1.58 bits per heavy atom. The number of amides is 1. The molecule has 0 radical (unpaired) electrons. The Labute approximate surface area is 142 Å². The first-order chi connectivity index (χ1) is 11.3. The van der Waals surface area contributed by atoms with Gasteiger partial charge < -0.3 is 19.1 Å². The maximum atomic E-state index is 12.4. The molecule has 0 bridgehead atoms. The predicted molar refractivity (Wildman–Crippen MR) is 84.9 cm³/mol. The average Bonchev–Trinajstić information content (AvgIpc) is 2.58. The van der Waals surface area contributed by atoms with E-state index in [0.717, 1.165) is 0 Å². The van der Waals surface area contributed by atoms with Crippen molar-refractivity contribution in [2.45, 2.75) is 53.1 Å². The maximum Gasteiger partial charge on any atom is 0.306 e. The van der Waals surface area contributed by atoms with Crippen molar-refractivity contribution in [3.05, 3.63) is 0 Å². The van der Waals surface area contributed by atoms with Gasteiger partial charge in [0.2, 0.25) is 0 Å². The Bertz CT molecular complexity index is 414. The second-order valence-corrected chi connectivity index (χ2v) is 4.96. The van der Waals surface area contributed by atoms with Crippen LogP contribution in [0.25, 0.3) is 0 Å². The summed E-state index contributed by atoms with van der Waals surface area (Å²) in [7, 11) is 0. The Kier molecular flexibility index (Phi) is 11.2. The smallest absolute Gasteiger partial charge is 0.306 e. The molecule has 0 aromatic carbocycles. The fraction of sp³-hybridized carbons (Fsp3) is 0.750. The van der Waals surface area contributed by atoms with Crippen molar-refractivity contribution in [2.75, 3.05) is 26.3 Å². The van der Waals surface area contributed by atoms with Gasteiger partial charge in [-0.3, -0.25) is 19.2 Å². The maximum absolute atomic E-state index is 12.4. The van der Waals surface area contributed by atoms with Crippen LogP contribution in [0.3, 0.4) is 0 Å². The van der Waals surface area contributed by atoms with Crippen LogP contribution in [-0.4, -0.2) is 61.1 Å². The average molecular weight is 345 g/mol. The van der Waals surface area contributed by atoms with Crippen molar-refractivity contribution >= 4 is 23.8 Å². The first kappa shape index (κ1) is 21.9. The van der Waals surface area contributed by atoms with Crippen molar-refractivity contribution in [3.63, 3.8) is 0 Å². The standard InChI is InChI=1S/C16H27NO7/c1-5-13(18)22-10-8-17(9-11-23-14(19)6-2)16(21)12(4)24-15(20)7-3/h12H,5-11H2,1-4H3/t12-/m1/s1. The van der Waals surface area contributed by atoms with Crippen LogP contribution in [0.15, 0.2) is 0 Å². The lowest BCUT2D eigenvalue weighted by Crippen LogP contribution is -2.43. The van der Waals surface area contributed by atoms with Gasteiger partial charge in [-0.1, -0.05) is 20.8 Å². The van der Waals surface area contributed by atoms with Gasteiger partial charge in [0.25, 0.3) is 5.91 Å². The van der Waals surface area contributed by atoms with E-state index < -0.39 is 18.0 Å². The fourth-order valence-electron chi connectivity index (χ4n) is 1.66. The lowest BCUT2D eigenvalue weighted by Gasteiger charge is -2.25. The van der Waals surface area contributed by atoms with E-state index in [1.165, 1.54) is 11.8 Å². The molecule has 0 aromatic heterocycles. The highest BCUT2D eigenvalue weighted by Gasteiger charge is 2.23. The second-order valence-electron chi connectivity index (χ2n) is 4.96. The van der Waals surface area contributed by atoms with Gasteiger partial charge in [-0.15, -0.1) is 0 Å². The summed E-state index contributed by atoms with van der Waals surface area (Å²) in [5, 5.41) is 0. The van der Waals surface area contributed by atoms with Crippen molar-refractivity contribution in [3.8, 4) is 0 Å². The van der Waals surface area contributed by atoms with Crippen LogP contribution >= 0.6 is 0 Å². The van der Waals surface area contributed by atoms with Gasteiger partial charge in [0.15, 0.2) is 6.10 Å². The molecule has 8 heteroatoms. The SMILES string of the molecule is CCC(=O)OCCN(CCOC(=O)CC)C(=O)[C@@H](C)OC(=O)CC. The third-order valence-corrected chi connectivity index (χ3v) is 3.08. The molecule has 138 valence electrons. The van der Waals surface area contributed by atoms with Crippen LogP contribution in [0.5, 0.6) is 0 Å². The zero-order valence-corrected chi connectivity index (χ0v) is 14.8. The van der Waals surface area contributed by atoms with Crippen LogP contribution < -0.4 is 0 Å². The lowest BCUT2D eigenvalue weighted by molar-refractivity contribution is -0.160. The van der Waals surface area contributed by atoms with E-state index in [2.05, 4.69) is 0 Å². The second kappa shape index (κ2) is 12.3. The zero-order chi connectivity index (χ0) is 18.5. The molecule has 1 amide bonds. The minimum atomic E-state index is -0.957. The van der Waals surface area contributed by atoms with Gasteiger partial charge in [-0.2, -0.15) is 0 Å². The van der Waals surface area contributed by atoms with Crippen LogP contribution in [0.1, 0.15) is 47.0 Å². The summed E-state index contributed by atoms with van der Waals surface area (Å²) in [6.45, 7) is 6.74. The van der Waals surface area contributed by atoms with Gasteiger partial charge >= 0.3 is 17.9 Å². The molecule has 1 atom stereocenters. The Morgan fingerprint density at radius 1 is 0.792 bits per heavy atom. The number of carbonyl (C=O) groups excluding carboxylic acids is 4. The van der Waals surface area contributed by atoms with Crippen molar-refractivity contribution in [1.29, 1.82) is 0 Å². The molecule has 0 N–H and O–H groups in total. The molecule has 0 rings (SSSR count). The fourth-order valence-corrected chi connectivity index (χ4v) is 1.66. The molecule has 0 aromatic rings. The monoisotopic (exact) mass is 345 g/mol. The third kappa shape index (κ3) is 9.12. The van der Waals surface area contributed by atoms with E-state index in [4.69, 9.17) is 14.2 Å². The van der Waals surface area contributed by atoms with Gasteiger partial charge in [0.1, 0.15) is 13.2 Å². The summed E-state index contributed by atoms with van der Waals surface area (Å²) in [4.78, 5) is 47.3. The minimum absolute atomic E-state index is 0.0224. The highest BCUT2D eigenvalue weighted by Crippen LogP contribution is 2.03. The topological polar surface area (TPSA) is 99.2 Å². The van der Waals surface area contributed by atoms with E-state index in [0.29, 0.717) is 0 Å². The molecule has 0 spiro atoms. The molecule has 0 aliphatic carbocycles. The molecule has 0 heterocycles. The number of hydrogen-bond donors (Lipinski definition) is 0.